The molecule has 1 fully saturated rings. The molecule has 1 saturated heterocycles. The van der Waals surface area contributed by atoms with E-state index >= 15 is 0 Å². The van der Waals surface area contributed by atoms with Gasteiger partial charge in [-0.25, -0.2) is 4.79 Å². The minimum absolute atomic E-state index is 0.173. The summed E-state index contributed by atoms with van der Waals surface area (Å²) >= 11 is 1.75. The van der Waals surface area contributed by atoms with Gasteiger partial charge in [0, 0.05) is 12.5 Å². The Kier molecular flexibility index (Phi) is 5.36. The number of aromatic nitrogens is 2. The Hall–Kier alpha value is -1.24. The van der Waals surface area contributed by atoms with Crippen LogP contribution in [0.2, 0.25) is 0 Å². The number of esters is 1. The van der Waals surface area contributed by atoms with Crippen LogP contribution in [0.25, 0.3) is 0 Å². The van der Waals surface area contributed by atoms with Crippen molar-refractivity contribution in [2.75, 3.05) is 6.61 Å². The molecule has 4 atom stereocenters. The zero-order chi connectivity index (χ0) is 16.4. The molecule has 0 bridgehead atoms. The Bertz CT molecular complexity index is 670. The third kappa shape index (κ3) is 3.39. The zero-order valence-electron chi connectivity index (χ0n) is 11.6. The highest BCUT2D eigenvalue weighted by Crippen LogP contribution is 2.29. The van der Waals surface area contributed by atoms with Gasteiger partial charge >= 0.3 is 11.7 Å². The van der Waals surface area contributed by atoms with E-state index in [0.717, 1.165) is 10.6 Å². The van der Waals surface area contributed by atoms with E-state index in [-0.39, 0.29) is 16.7 Å². The molecule has 0 aliphatic carbocycles. The van der Waals surface area contributed by atoms with Crippen molar-refractivity contribution in [2.45, 2.75) is 37.9 Å². The van der Waals surface area contributed by atoms with Gasteiger partial charge in [-0.1, -0.05) is 6.92 Å². The molecule has 0 spiro atoms. The van der Waals surface area contributed by atoms with Crippen molar-refractivity contribution < 1.29 is 24.5 Å². The second-order valence-corrected chi connectivity index (χ2v) is 5.82. The highest BCUT2D eigenvalue weighted by Gasteiger charge is 2.45. The van der Waals surface area contributed by atoms with Gasteiger partial charge in [0.1, 0.15) is 24.9 Å². The first-order chi connectivity index (χ1) is 10.3. The summed E-state index contributed by atoms with van der Waals surface area (Å²) in [6.07, 6.45) is -4.71. The van der Waals surface area contributed by atoms with Crippen molar-refractivity contribution in [3.05, 3.63) is 30.6 Å². The van der Waals surface area contributed by atoms with Crippen LogP contribution in [0.3, 0.4) is 0 Å². The Morgan fingerprint density at radius 3 is 2.73 bits per heavy atom. The third-order valence-corrected chi connectivity index (χ3v) is 4.05. The Balaban J connectivity index is 2.22. The molecule has 1 aliphatic heterocycles. The minimum Gasteiger partial charge on any atom is -0.463 e. The molecule has 2 rings (SSSR count). The summed E-state index contributed by atoms with van der Waals surface area (Å²) in [6, 6.07) is 1.16. The van der Waals surface area contributed by atoms with Crippen molar-refractivity contribution >= 4 is 28.6 Å². The van der Waals surface area contributed by atoms with E-state index in [1.807, 2.05) is 0 Å². The summed E-state index contributed by atoms with van der Waals surface area (Å²) in [4.78, 5) is 36.3. The summed E-state index contributed by atoms with van der Waals surface area (Å²) in [6.45, 7) is 1.38. The standard InChI is InChI=1S/C12H15IN2O7/c1-2-8(17)21-4-5-9(18)10(19)11(22-5)15-6(13)3-7(16)14-12(15)20/h3,5,9-11,18-19H,2,4H2,1H3,(H,14,16,20)/t5-,9-,10-,11-/m1/s1. The molecule has 2 heterocycles. The fraction of sp³-hybridized carbons (Fsp3) is 0.583. The predicted molar refractivity (Wildman–Crippen MR) is 81.2 cm³/mol. The quantitative estimate of drug-likeness (QED) is 0.310. The number of aromatic amines is 1. The largest absolute Gasteiger partial charge is 0.463 e. The lowest BCUT2D eigenvalue weighted by Crippen LogP contribution is -2.39. The number of ether oxygens (including phenoxy) is 2. The lowest BCUT2D eigenvalue weighted by Gasteiger charge is -2.18. The first-order valence-electron chi connectivity index (χ1n) is 6.53. The molecular weight excluding hydrogens is 411 g/mol. The number of halogens is 1. The molecule has 1 aromatic rings. The smallest absolute Gasteiger partial charge is 0.331 e. The Morgan fingerprint density at radius 1 is 1.45 bits per heavy atom. The lowest BCUT2D eigenvalue weighted by molar-refractivity contribution is -0.149. The number of carbonyl (C=O) groups is 1. The second kappa shape index (κ2) is 6.89. The molecule has 9 nitrogen and oxygen atoms in total. The van der Waals surface area contributed by atoms with Crippen molar-refractivity contribution in [3.63, 3.8) is 0 Å². The number of H-pyrrole nitrogens is 1. The molecular formula is C12H15IN2O7. The predicted octanol–water partition coefficient (Wildman–Crippen LogP) is -1.29. The molecule has 0 amide bonds. The molecule has 1 aromatic heterocycles. The summed E-state index contributed by atoms with van der Waals surface area (Å²) in [5.74, 6) is -0.468. The van der Waals surface area contributed by atoms with Crippen LogP contribution < -0.4 is 11.2 Å². The molecule has 0 aromatic carbocycles. The SMILES string of the molecule is CCC(=O)OC[C@H]1O[C@@H](n2c(I)cc(=O)[nH]c2=O)[C@H](O)[C@@H]1O. The van der Waals surface area contributed by atoms with Gasteiger partial charge in [-0.05, 0) is 22.6 Å². The number of nitrogens with zero attached hydrogens (tertiary/aromatic N) is 1. The number of aliphatic hydroxyl groups is 2. The van der Waals surface area contributed by atoms with Gasteiger partial charge in [0.05, 0.1) is 3.70 Å². The van der Waals surface area contributed by atoms with E-state index in [1.54, 1.807) is 29.5 Å². The average molecular weight is 426 g/mol. The normalized spacial score (nSPS) is 27.8. The molecule has 0 radical (unpaired) electrons. The maximum absolute atomic E-state index is 11.9. The van der Waals surface area contributed by atoms with E-state index < -0.39 is 41.8 Å². The van der Waals surface area contributed by atoms with Crippen LogP contribution in [0.5, 0.6) is 0 Å². The number of hydrogen-bond acceptors (Lipinski definition) is 7. The summed E-state index contributed by atoms with van der Waals surface area (Å²) in [5.41, 5.74) is -1.34. The Morgan fingerprint density at radius 2 is 2.14 bits per heavy atom. The van der Waals surface area contributed by atoms with E-state index in [0.29, 0.717) is 0 Å². The maximum atomic E-state index is 11.9. The highest BCUT2D eigenvalue weighted by molar-refractivity contribution is 14.1. The number of nitrogens with one attached hydrogen (secondary N) is 1. The zero-order valence-corrected chi connectivity index (χ0v) is 13.7. The van der Waals surface area contributed by atoms with Gasteiger partial charge < -0.3 is 19.7 Å². The minimum atomic E-state index is -1.40. The van der Waals surface area contributed by atoms with Crippen molar-refractivity contribution in [2.24, 2.45) is 0 Å². The summed E-state index contributed by atoms with van der Waals surface area (Å²) in [7, 11) is 0. The van der Waals surface area contributed by atoms with Crippen molar-refractivity contribution in [1.29, 1.82) is 0 Å². The molecule has 1 aliphatic rings. The number of carbonyl (C=O) groups excluding carboxylic acids is 1. The van der Waals surface area contributed by atoms with Crippen LogP contribution in [0.1, 0.15) is 19.6 Å². The van der Waals surface area contributed by atoms with Gasteiger partial charge in [0.15, 0.2) is 6.23 Å². The monoisotopic (exact) mass is 426 g/mol. The maximum Gasteiger partial charge on any atom is 0.331 e. The van der Waals surface area contributed by atoms with Crippen LogP contribution in [0, 0.1) is 3.70 Å². The topological polar surface area (TPSA) is 131 Å². The van der Waals surface area contributed by atoms with Crippen LogP contribution in [-0.4, -0.2) is 50.7 Å². The average Bonchev–Trinajstić information content (AvgIpc) is 2.72. The molecule has 122 valence electrons. The summed E-state index contributed by atoms with van der Waals surface area (Å²) in [5, 5.41) is 20.0. The van der Waals surface area contributed by atoms with Crippen LogP contribution in [0.4, 0.5) is 0 Å². The van der Waals surface area contributed by atoms with E-state index in [2.05, 4.69) is 4.98 Å². The van der Waals surface area contributed by atoms with Crippen LogP contribution >= 0.6 is 22.6 Å². The van der Waals surface area contributed by atoms with E-state index in [9.17, 15) is 24.6 Å². The Labute approximate surface area is 138 Å². The third-order valence-electron chi connectivity index (χ3n) is 3.22. The van der Waals surface area contributed by atoms with Gasteiger partial charge in [-0.3, -0.25) is 19.1 Å². The number of aliphatic hydroxyl groups excluding tert-OH is 2. The van der Waals surface area contributed by atoms with Crippen molar-refractivity contribution in [1.82, 2.24) is 9.55 Å². The molecule has 10 heteroatoms. The van der Waals surface area contributed by atoms with Gasteiger partial charge in [0.2, 0.25) is 0 Å². The van der Waals surface area contributed by atoms with Crippen molar-refractivity contribution in [3.8, 4) is 0 Å². The van der Waals surface area contributed by atoms with Crippen LogP contribution in [-0.2, 0) is 14.3 Å². The fourth-order valence-corrected chi connectivity index (χ4v) is 2.85. The first-order valence-corrected chi connectivity index (χ1v) is 7.61. The van der Waals surface area contributed by atoms with Gasteiger partial charge in [0.25, 0.3) is 5.56 Å². The van der Waals surface area contributed by atoms with E-state index in [1.165, 1.54) is 0 Å². The highest BCUT2D eigenvalue weighted by atomic mass is 127. The van der Waals surface area contributed by atoms with Crippen LogP contribution in [0.15, 0.2) is 15.7 Å². The molecule has 0 unspecified atom stereocenters. The molecule has 0 saturated carbocycles. The molecule has 3 N–H and O–H groups in total. The van der Waals surface area contributed by atoms with E-state index in [4.69, 9.17) is 9.47 Å². The second-order valence-electron chi connectivity index (χ2n) is 4.71. The van der Waals surface area contributed by atoms with Gasteiger partial charge in [-0.15, -0.1) is 0 Å². The summed E-state index contributed by atoms with van der Waals surface area (Å²) < 4.78 is 11.6. The van der Waals surface area contributed by atoms with Gasteiger partial charge in [-0.2, -0.15) is 0 Å². The number of rotatable bonds is 4. The fourth-order valence-electron chi connectivity index (χ4n) is 2.07. The lowest BCUT2D eigenvalue weighted by atomic mass is 10.1. The molecule has 22 heavy (non-hydrogen) atoms. The first kappa shape index (κ1) is 17.1. The number of hydrogen-bond donors (Lipinski definition) is 3.